The number of aromatic amines is 1. The monoisotopic (exact) mass is 1190 g/mol. The molecule has 1 fully saturated rings. The summed E-state index contributed by atoms with van der Waals surface area (Å²) in [6.45, 7) is 6.50. The van der Waals surface area contributed by atoms with Gasteiger partial charge in [-0.05, 0) is 120 Å². The highest BCUT2D eigenvalue weighted by atomic mass is 79.9. The Bertz CT molecular complexity index is 4170. The van der Waals surface area contributed by atoms with Crippen LogP contribution in [0, 0.1) is 25.2 Å². The molecule has 1 amide bonds. The van der Waals surface area contributed by atoms with Crippen molar-refractivity contribution in [1.82, 2.24) is 24.5 Å². The lowest BCUT2D eigenvalue weighted by Crippen LogP contribution is -2.25. The minimum atomic E-state index is -0.296. The molecule has 1 aliphatic heterocycles. The molecule has 0 saturated heterocycles. The van der Waals surface area contributed by atoms with Crippen molar-refractivity contribution in [1.29, 1.82) is 5.26 Å². The summed E-state index contributed by atoms with van der Waals surface area (Å²) in [6, 6.07) is 54.0. The number of nitrogens with two attached hydrogens (primary N) is 2. The number of halogens is 2. The van der Waals surface area contributed by atoms with Crippen LogP contribution in [0.2, 0.25) is 5.02 Å². The lowest BCUT2D eigenvalue weighted by atomic mass is 9.95. The van der Waals surface area contributed by atoms with Gasteiger partial charge in [0, 0.05) is 67.2 Å². The van der Waals surface area contributed by atoms with Crippen molar-refractivity contribution in [2.75, 3.05) is 22.9 Å². The van der Waals surface area contributed by atoms with Crippen LogP contribution in [0.4, 0.5) is 17.2 Å². The van der Waals surface area contributed by atoms with E-state index in [1.54, 1.807) is 19.1 Å². The molecule has 7 N–H and O–H groups in total. The highest BCUT2D eigenvalue weighted by molar-refractivity contribution is 9.12. The van der Waals surface area contributed by atoms with E-state index in [0.29, 0.717) is 46.5 Å². The van der Waals surface area contributed by atoms with Gasteiger partial charge in [-0.15, -0.1) is 11.8 Å². The molecule has 82 heavy (non-hydrogen) atoms. The molecule has 412 valence electrons. The van der Waals surface area contributed by atoms with E-state index in [1.807, 2.05) is 109 Å². The van der Waals surface area contributed by atoms with E-state index in [4.69, 9.17) is 32.6 Å². The first kappa shape index (κ1) is 56.6. The van der Waals surface area contributed by atoms with Crippen LogP contribution in [-0.2, 0) is 12.2 Å². The number of hydrogen-bond acceptors (Lipinski definition) is 11. The number of H-pyrrole nitrogens is 1. The van der Waals surface area contributed by atoms with E-state index in [9.17, 15) is 10.1 Å². The predicted octanol–water partition coefficient (Wildman–Crippen LogP) is 16.2. The molecule has 0 bridgehead atoms. The van der Waals surface area contributed by atoms with Crippen LogP contribution >= 0.6 is 39.3 Å². The summed E-state index contributed by atoms with van der Waals surface area (Å²) in [6.07, 6.45) is 11.2. The van der Waals surface area contributed by atoms with Crippen molar-refractivity contribution in [3.63, 3.8) is 0 Å². The highest BCUT2D eigenvalue weighted by Crippen LogP contribution is 2.35. The normalized spacial score (nSPS) is 13.1. The lowest BCUT2D eigenvalue weighted by Gasteiger charge is -2.27. The number of benzene rings is 6. The molecule has 6 aromatic carbocycles. The van der Waals surface area contributed by atoms with Crippen LogP contribution in [0.1, 0.15) is 83.0 Å². The Hall–Kier alpha value is -8.68. The quantitative estimate of drug-likeness (QED) is 0.0648. The second-order valence-corrected chi connectivity index (χ2v) is 22.1. The Morgan fingerprint density at radius 3 is 2.35 bits per heavy atom. The number of carbonyl (C=O) groups excluding carboxylic acids is 1. The number of imidazole rings is 1. The van der Waals surface area contributed by atoms with Gasteiger partial charge in [0.2, 0.25) is 0 Å². The Balaban J connectivity index is 0.000000125. The summed E-state index contributed by atoms with van der Waals surface area (Å²) >= 11 is 11.1. The van der Waals surface area contributed by atoms with Crippen LogP contribution in [-0.4, -0.2) is 48.7 Å². The number of hydrogen-bond donors (Lipinski definition) is 5. The topological polar surface area (TPSA) is 201 Å². The summed E-state index contributed by atoms with van der Waals surface area (Å²) in [4.78, 5) is 30.8. The third kappa shape index (κ3) is 12.6. The van der Waals surface area contributed by atoms with Gasteiger partial charge in [-0.2, -0.15) is 5.26 Å². The number of fused-ring (bicyclic) bond motifs is 5. The van der Waals surface area contributed by atoms with E-state index in [2.05, 4.69) is 132 Å². The molecule has 0 unspecified atom stereocenters. The Morgan fingerprint density at radius 1 is 0.866 bits per heavy atom. The van der Waals surface area contributed by atoms with E-state index in [0.717, 1.165) is 77.8 Å². The summed E-state index contributed by atoms with van der Waals surface area (Å²) in [7, 11) is 0. The molecule has 1 aliphatic carbocycles. The number of aliphatic imine (C=N–C) groups is 1. The molecule has 13 nitrogen and oxygen atoms in total. The third-order valence-corrected chi connectivity index (χ3v) is 16.8. The van der Waals surface area contributed by atoms with Crippen molar-refractivity contribution >= 4 is 107 Å². The Labute approximate surface area is 494 Å². The number of nitriles is 1. The first-order valence-corrected chi connectivity index (χ1v) is 29.4. The van der Waals surface area contributed by atoms with Crippen molar-refractivity contribution < 1.29 is 9.32 Å². The molecule has 11 aromatic rings. The van der Waals surface area contributed by atoms with Gasteiger partial charge in [-0.1, -0.05) is 146 Å². The number of nitrogens with zero attached hydrogens (tertiary/aromatic N) is 6. The van der Waals surface area contributed by atoms with Gasteiger partial charge in [0.1, 0.15) is 28.9 Å². The van der Waals surface area contributed by atoms with E-state index in [1.165, 1.54) is 64.4 Å². The number of allylic oxidation sites excluding steroid dienone is 1. The van der Waals surface area contributed by atoms with Gasteiger partial charge < -0.3 is 31.6 Å². The van der Waals surface area contributed by atoms with Gasteiger partial charge in [0.25, 0.3) is 5.91 Å². The highest BCUT2D eigenvalue weighted by Gasteiger charge is 2.24. The average molecular weight is 1190 g/mol. The maximum Gasteiger partial charge on any atom is 0.261 e. The number of rotatable bonds is 10. The first-order chi connectivity index (χ1) is 40.0. The maximum atomic E-state index is 12.6. The fourth-order valence-corrected chi connectivity index (χ4v) is 12.0. The van der Waals surface area contributed by atoms with E-state index in [-0.39, 0.29) is 5.91 Å². The SMILES string of the molecule is CCc1c(C)c(C#N)c2nc3ccccc3n2c1NC1CCCCC1.Cc1onc(-c2ccccc2)c1C(=O)Nc1ccccc1N.NC1=C(Br)C(c2ccc(Cl)cc2)=NC1.c1cnc2c(SCc3c[nH]c4ccccc34)cccc2c1. The molecule has 2 aliphatic rings. The second-order valence-electron chi connectivity index (χ2n) is 19.9. The summed E-state index contributed by atoms with van der Waals surface area (Å²) in [5.41, 5.74) is 26.5. The Kier molecular flexibility index (Phi) is 18.1. The average Bonchev–Trinajstić information content (AvgIpc) is 4.49. The molecular formula is C66H61BrClN11O2S. The molecular weight excluding hydrogens is 1130 g/mol. The van der Waals surface area contributed by atoms with Gasteiger partial charge >= 0.3 is 0 Å². The summed E-state index contributed by atoms with van der Waals surface area (Å²) < 4.78 is 8.26. The molecule has 0 spiro atoms. The maximum absolute atomic E-state index is 12.6. The zero-order valence-corrected chi connectivity index (χ0v) is 48.9. The van der Waals surface area contributed by atoms with E-state index >= 15 is 0 Å². The third-order valence-electron chi connectivity index (χ3n) is 14.5. The number of thioether (sulfide) groups is 1. The van der Waals surface area contributed by atoms with Crippen molar-refractivity contribution in [3.8, 4) is 17.3 Å². The predicted molar refractivity (Wildman–Crippen MR) is 340 cm³/mol. The molecule has 5 aromatic heterocycles. The number of pyridine rings is 2. The zero-order chi connectivity index (χ0) is 57.1. The van der Waals surface area contributed by atoms with Gasteiger partial charge in [0.15, 0.2) is 5.65 Å². The minimum absolute atomic E-state index is 0.296. The minimum Gasteiger partial charge on any atom is -0.400 e. The smallest absolute Gasteiger partial charge is 0.261 e. The Morgan fingerprint density at radius 2 is 1.60 bits per heavy atom. The molecule has 0 radical (unpaired) electrons. The van der Waals surface area contributed by atoms with Crippen LogP contribution in [0.5, 0.6) is 0 Å². The molecule has 13 rings (SSSR count). The van der Waals surface area contributed by atoms with Crippen LogP contribution < -0.4 is 22.1 Å². The number of aromatic nitrogens is 5. The summed E-state index contributed by atoms with van der Waals surface area (Å²) in [5, 5.41) is 23.6. The number of nitrogens with one attached hydrogen (secondary N) is 3. The van der Waals surface area contributed by atoms with Crippen molar-refractivity contribution in [3.05, 3.63) is 224 Å². The number of amides is 1. The van der Waals surface area contributed by atoms with Crippen LogP contribution in [0.15, 0.2) is 195 Å². The second kappa shape index (κ2) is 26.3. The molecule has 1 saturated carbocycles. The number of anilines is 3. The fraction of sp³-hybridized carbons (Fsp3) is 0.182. The largest absolute Gasteiger partial charge is 0.400 e. The van der Waals surface area contributed by atoms with Gasteiger partial charge in [-0.25, -0.2) is 4.98 Å². The number of carbonyl (C=O) groups is 1. The first-order valence-electron chi connectivity index (χ1n) is 27.2. The van der Waals surface area contributed by atoms with Gasteiger partial charge in [0.05, 0.1) is 50.2 Å². The number of aryl methyl sites for hydroxylation is 1. The molecule has 0 atom stereocenters. The summed E-state index contributed by atoms with van der Waals surface area (Å²) in [5.74, 6) is 2.25. The standard InChI is InChI=1S/C21H24N4.C18H14N2S.C17H15N3O2.C10H8BrClN2/c1-3-16-14(2)17(13-22)21-24-18-11-7-8-12-19(18)25(21)20(16)23-15-9-5-4-6-10-15;1-2-8-16-15(7-1)14(11-20-16)12-21-17-9-3-5-13-6-4-10-19-18(13)17;1-11-15(16(20-22-11)12-7-3-2-4-8-12)17(21)19-14-10-6-5-9-13(14)18;11-9-8(13)5-14-10(9)6-1-3-7(12)4-2-6/h7-8,11-12,15,23H,3-6,9-10H2,1-2H3;1-11,20H,12H2;2-10H,18H2,1H3,(H,19,21);1-4H,5,13H2. The van der Waals surface area contributed by atoms with Crippen LogP contribution in [0.3, 0.4) is 0 Å². The van der Waals surface area contributed by atoms with Crippen LogP contribution in [0.25, 0.3) is 49.7 Å². The van der Waals surface area contributed by atoms with Crippen molar-refractivity contribution in [2.24, 2.45) is 10.7 Å². The number of nitrogen functional groups attached to an aromatic ring is 1. The fourth-order valence-electron chi connectivity index (χ4n) is 10.3. The lowest BCUT2D eigenvalue weighted by molar-refractivity contribution is 0.102. The zero-order valence-electron chi connectivity index (χ0n) is 45.7. The molecule has 6 heterocycles. The van der Waals surface area contributed by atoms with E-state index < -0.39 is 0 Å². The van der Waals surface area contributed by atoms with Gasteiger partial charge in [-0.3, -0.25) is 19.2 Å². The van der Waals surface area contributed by atoms with Crippen molar-refractivity contribution in [2.45, 2.75) is 76.0 Å². The molecule has 16 heteroatoms. The number of para-hydroxylation sites is 6.